The molecule has 0 spiro atoms. The lowest BCUT2D eigenvalue weighted by molar-refractivity contribution is -0.139. The van der Waals surface area contributed by atoms with Gasteiger partial charge in [0, 0.05) is 31.4 Å². The lowest BCUT2D eigenvalue weighted by Gasteiger charge is -2.44. The third-order valence-corrected chi connectivity index (χ3v) is 4.28. The molecular formula is C17H27N3O2. The van der Waals surface area contributed by atoms with Crippen molar-refractivity contribution in [2.45, 2.75) is 52.1 Å². The summed E-state index contributed by atoms with van der Waals surface area (Å²) in [7, 11) is 0. The largest absolute Gasteiger partial charge is 0.387 e. The Morgan fingerprint density at radius 1 is 1.27 bits per heavy atom. The molecule has 2 unspecified atom stereocenters. The van der Waals surface area contributed by atoms with Crippen LogP contribution in [0.2, 0.25) is 0 Å². The lowest BCUT2D eigenvalue weighted by atomic mass is 9.88. The van der Waals surface area contributed by atoms with Crippen LogP contribution in [0.15, 0.2) is 18.3 Å². The summed E-state index contributed by atoms with van der Waals surface area (Å²) >= 11 is 0. The Kier molecular flexibility index (Phi) is 4.75. The van der Waals surface area contributed by atoms with Crippen LogP contribution in [-0.4, -0.2) is 52.7 Å². The quantitative estimate of drug-likeness (QED) is 0.905. The number of aromatic nitrogens is 1. The number of hydrogen-bond donors (Lipinski definition) is 1. The van der Waals surface area contributed by atoms with Crippen LogP contribution in [0.4, 0.5) is 5.82 Å². The number of aliphatic hydroxyl groups is 1. The van der Waals surface area contributed by atoms with Crippen molar-refractivity contribution < 1.29 is 9.90 Å². The summed E-state index contributed by atoms with van der Waals surface area (Å²) in [6.45, 7) is 11.6. The molecule has 1 aromatic rings. The number of carbonyl (C=O) groups excluding carboxylic acids is 1. The highest BCUT2D eigenvalue weighted by molar-refractivity contribution is 5.78. The Bertz CT molecular complexity index is 510. The molecule has 2 heterocycles. The molecule has 0 bridgehead atoms. The van der Waals surface area contributed by atoms with E-state index in [0.717, 1.165) is 18.9 Å². The third kappa shape index (κ3) is 3.40. The average Bonchev–Trinajstić information content (AvgIpc) is 2.45. The van der Waals surface area contributed by atoms with Gasteiger partial charge >= 0.3 is 0 Å². The first-order valence-corrected chi connectivity index (χ1v) is 7.87. The molecular weight excluding hydrogens is 278 g/mol. The fourth-order valence-corrected chi connectivity index (χ4v) is 3.10. The number of nitrogens with zero attached hydrogens (tertiary/aromatic N) is 3. The number of aliphatic hydroxyl groups excluding tert-OH is 1. The van der Waals surface area contributed by atoms with Gasteiger partial charge in [-0.05, 0) is 30.9 Å². The zero-order chi connectivity index (χ0) is 16.5. The SMILES string of the molecule is CC1CN(c2ccc(C(C)(C)C)cn2)CC(C)N1C(=O)CO. The first-order valence-electron chi connectivity index (χ1n) is 7.87. The number of carbonyl (C=O) groups is 1. The zero-order valence-corrected chi connectivity index (χ0v) is 14.2. The summed E-state index contributed by atoms with van der Waals surface area (Å²) in [5.41, 5.74) is 1.31. The minimum atomic E-state index is -0.423. The molecule has 5 heteroatoms. The minimum absolute atomic E-state index is 0.0625. The molecule has 1 aliphatic heterocycles. The van der Waals surface area contributed by atoms with Crippen molar-refractivity contribution in [2.24, 2.45) is 0 Å². The van der Waals surface area contributed by atoms with E-state index in [4.69, 9.17) is 5.11 Å². The van der Waals surface area contributed by atoms with E-state index in [0.29, 0.717) is 0 Å². The minimum Gasteiger partial charge on any atom is -0.387 e. The van der Waals surface area contributed by atoms with E-state index in [1.807, 2.05) is 20.0 Å². The lowest BCUT2D eigenvalue weighted by Crippen LogP contribution is -2.59. The molecule has 1 N–H and O–H groups in total. The van der Waals surface area contributed by atoms with Gasteiger partial charge in [-0.25, -0.2) is 4.98 Å². The van der Waals surface area contributed by atoms with E-state index in [9.17, 15) is 4.79 Å². The number of anilines is 1. The van der Waals surface area contributed by atoms with Gasteiger partial charge < -0.3 is 14.9 Å². The van der Waals surface area contributed by atoms with Crippen LogP contribution < -0.4 is 4.90 Å². The summed E-state index contributed by atoms with van der Waals surface area (Å²) in [5, 5.41) is 9.10. The normalized spacial score (nSPS) is 22.8. The third-order valence-electron chi connectivity index (χ3n) is 4.28. The first kappa shape index (κ1) is 16.7. The van der Waals surface area contributed by atoms with Crippen molar-refractivity contribution in [3.05, 3.63) is 23.9 Å². The van der Waals surface area contributed by atoms with E-state index < -0.39 is 6.61 Å². The Morgan fingerprint density at radius 2 is 1.86 bits per heavy atom. The molecule has 0 saturated carbocycles. The summed E-state index contributed by atoms with van der Waals surface area (Å²) < 4.78 is 0. The number of amides is 1. The van der Waals surface area contributed by atoms with Crippen LogP contribution in [-0.2, 0) is 10.2 Å². The van der Waals surface area contributed by atoms with Gasteiger partial charge in [-0.3, -0.25) is 4.79 Å². The van der Waals surface area contributed by atoms with E-state index in [1.54, 1.807) is 4.90 Å². The summed E-state index contributed by atoms with van der Waals surface area (Å²) in [6.07, 6.45) is 1.94. The monoisotopic (exact) mass is 305 g/mol. The van der Waals surface area contributed by atoms with Gasteiger partial charge in [-0.2, -0.15) is 0 Å². The number of rotatable bonds is 2. The maximum atomic E-state index is 11.8. The maximum absolute atomic E-state index is 11.8. The van der Waals surface area contributed by atoms with E-state index >= 15 is 0 Å². The predicted molar refractivity (Wildman–Crippen MR) is 88.0 cm³/mol. The second-order valence-corrected chi connectivity index (χ2v) is 7.22. The molecule has 0 aliphatic carbocycles. The molecule has 122 valence electrons. The van der Waals surface area contributed by atoms with Crippen LogP contribution in [0, 0.1) is 0 Å². The molecule has 0 aromatic carbocycles. The highest BCUT2D eigenvalue weighted by Crippen LogP contribution is 2.25. The van der Waals surface area contributed by atoms with E-state index in [1.165, 1.54) is 5.56 Å². The Morgan fingerprint density at radius 3 is 2.27 bits per heavy atom. The topological polar surface area (TPSA) is 56.7 Å². The van der Waals surface area contributed by atoms with Crippen molar-refractivity contribution in [3.8, 4) is 0 Å². The second kappa shape index (κ2) is 6.24. The number of pyridine rings is 1. The fraction of sp³-hybridized carbons (Fsp3) is 0.647. The Balaban J connectivity index is 2.13. The van der Waals surface area contributed by atoms with Gasteiger partial charge in [-0.1, -0.05) is 26.8 Å². The first-order chi connectivity index (χ1) is 10.2. The van der Waals surface area contributed by atoms with Crippen molar-refractivity contribution in [2.75, 3.05) is 24.6 Å². The highest BCUT2D eigenvalue weighted by atomic mass is 16.3. The van der Waals surface area contributed by atoms with Gasteiger partial charge in [-0.15, -0.1) is 0 Å². The zero-order valence-electron chi connectivity index (χ0n) is 14.2. The number of hydrogen-bond acceptors (Lipinski definition) is 4. The van der Waals surface area contributed by atoms with Crippen LogP contribution in [0.3, 0.4) is 0 Å². The maximum Gasteiger partial charge on any atom is 0.248 e. The molecule has 1 aliphatic rings. The molecule has 0 radical (unpaired) electrons. The van der Waals surface area contributed by atoms with Crippen molar-refractivity contribution >= 4 is 11.7 Å². The molecule has 1 aromatic heterocycles. The molecule has 1 amide bonds. The molecule has 1 saturated heterocycles. The molecule has 5 nitrogen and oxygen atoms in total. The standard InChI is InChI=1S/C17H27N3O2/c1-12-9-19(10-13(2)20(12)16(22)11-21)15-7-6-14(8-18-15)17(3,4)5/h6-8,12-13,21H,9-11H2,1-5H3. The van der Waals surface area contributed by atoms with Crippen LogP contribution in [0.1, 0.15) is 40.2 Å². The second-order valence-electron chi connectivity index (χ2n) is 7.22. The van der Waals surface area contributed by atoms with Crippen LogP contribution >= 0.6 is 0 Å². The van der Waals surface area contributed by atoms with Gasteiger partial charge in [0.2, 0.25) is 5.91 Å². The van der Waals surface area contributed by atoms with Crippen LogP contribution in [0.25, 0.3) is 0 Å². The molecule has 1 fully saturated rings. The Labute approximate surface area is 132 Å². The molecule has 2 rings (SSSR count). The van der Waals surface area contributed by atoms with Crippen molar-refractivity contribution in [1.82, 2.24) is 9.88 Å². The summed E-state index contributed by atoms with van der Waals surface area (Å²) in [4.78, 5) is 20.4. The van der Waals surface area contributed by atoms with Gasteiger partial charge in [0.25, 0.3) is 0 Å². The van der Waals surface area contributed by atoms with Gasteiger partial charge in [0.1, 0.15) is 12.4 Å². The average molecular weight is 305 g/mol. The summed E-state index contributed by atoms with van der Waals surface area (Å²) in [6, 6.07) is 4.31. The predicted octanol–water partition coefficient (Wildman–Crippen LogP) is 1.80. The van der Waals surface area contributed by atoms with Gasteiger partial charge in [0.15, 0.2) is 0 Å². The van der Waals surface area contributed by atoms with E-state index in [2.05, 4.69) is 42.8 Å². The smallest absolute Gasteiger partial charge is 0.248 e. The summed E-state index contributed by atoms with van der Waals surface area (Å²) in [5.74, 6) is 0.749. The molecule has 2 atom stereocenters. The fourth-order valence-electron chi connectivity index (χ4n) is 3.10. The highest BCUT2D eigenvalue weighted by Gasteiger charge is 2.32. The van der Waals surface area contributed by atoms with Crippen molar-refractivity contribution in [3.63, 3.8) is 0 Å². The Hall–Kier alpha value is -1.62. The van der Waals surface area contributed by atoms with Gasteiger partial charge in [0.05, 0.1) is 0 Å². The number of piperazine rings is 1. The van der Waals surface area contributed by atoms with Crippen LogP contribution in [0.5, 0.6) is 0 Å². The van der Waals surface area contributed by atoms with Crippen molar-refractivity contribution in [1.29, 1.82) is 0 Å². The van der Waals surface area contributed by atoms with E-state index in [-0.39, 0.29) is 23.4 Å². The molecule has 22 heavy (non-hydrogen) atoms.